The van der Waals surface area contributed by atoms with Gasteiger partial charge < -0.3 is 20.0 Å². The Kier molecular flexibility index (Phi) is 3.39. The monoisotopic (exact) mass is 284 g/mol. The normalized spacial score (nSPS) is 15.3. The molecule has 2 N–H and O–H groups in total. The van der Waals surface area contributed by atoms with Gasteiger partial charge in [0.1, 0.15) is 11.5 Å². The molecule has 0 aromatic heterocycles. The Bertz CT molecular complexity index is 672. The first kappa shape index (κ1) is 13.3. The summed E-state index contributed by atoms with van der Waals surface area (Å²) in [6.07, 6.45) is 0. The Hall–Kier alpha value is -2.69. The average molecular weight is 284 g/mol. The quantitative estimate of drug-likeness (QED) is 0.884. The summed E-state index contributed by atoms with van der Waals surface area (Å²) in [6.45, 7) is 1.23. The lowest BCUT2D eigenvalue weighted by atomic mass is 10.2. The van der Waals surface area contributed by atoms with Crippen LogP contribution in [-0.4, -0.2) is 35.8 Å². The van der Waals surface area contributed by atoms with Gasteiger partial charge in [-0.25, -0.2) is 0 Å². The largest absolute Gasteiger partial charge is 0.506 e. The Morgan fingerprint density at radius 1 is 0.810 bits per heavy atom. The molecule has 1 saturated heterocycles. The maximum atomic E-state index is 12.3. The summed E-state index contributed by atoms with van der Waals surface area (Å²) in [5, 5.41) is 19.7. The maximum absolute atomic E-state index is 12.3. The van der Waals surface area contributed by atoms with Crippen LogP contribution in [0.3, 0.4) is 0 Å². The SMILES string of the molecule is O=C1CN(c2ccccc2O)CCN1c1ccccc1O. The van der Waals surface area contributed by atoms with Crippen molar-refractivity contribution in [3.05, 3.63) is 48.5 Å². The third kappa shape index (κ3) is 2.50. The summed E-state index contributed by atoms with van der Waals surface area (Å²) in [6, 6.07) is 13.8. The molecule has 0 bridgehead atoms. The maximum Gasteiger partial charge on any atom is 0.246 e. The fraction of sp³-hybridized carbons (Fsp3) is 0.188. The third-order valence-corrected chi connectivity index (χ3v) is 3.62. The zero-order valence-electron chi connectivity index (χ0n) is 11.4. The third-order valence-electron chi connectivity index (χ3n) is 3.62. The molecular weight excluding hydrogens is 268 g/mol. The molecule has 1 amide bonds. The molecule has 0 spiro atoms. The molecule has 1 heterocycles. The van der Waals surface area contributed by atoms with E-state index >= 15 is 0 Å². The molecule has 0 saturated carbocycles. The first-order valence-corrected chi connectivity index (χ1v) is 6.78. The van der Waals surface area contributed by atoms with E-state index in [-0.39, 0.29) is 24.0 Å². The number of phenols is 2. The molecule has 5 heteroatoms. The number of anilines is 2. The van der Waals surface area contributed by atoms with E-state index in [1.165, 1.54) is 0 Å². The topological polar surface area (TPSA) is 64.0 Å². The number of nitrogens with zero attached hydrogens (tertiary/aromatic N) is 2. The predicted molar refractivity (Wildman–Crippen MR) is 80.8 cm³/mol. The molecule has 1 aliphatic rings. The van der Waals surface area contributed by atoms with Crippen LogP contribution in [0.15, 0.2) is 48.5 Å². The highest BCUT2D eigenvalue weighted by Crippen LogP contribution is 2.31. The number of carbonyl (C=O) groups is 1. The van der Waals surface area contributed by atoms with Gasteiger partial charge in [-0.15, -0.1) is 0 Å². The van der Waals surface area contributed by atoms with E-state index in [0.29, 0.717) is 24.5 Å². The van der Waals surface area contributed by atoms with Crippen molar-refractivity contribution in [2.45, 2.75) is 0 Å². The number of piperazine rings is 1. The van der Waals surface area contributed by atoms with E-state index < -0.39 is 0 Å². The molecule has 5 nitrogen and oxygen atoms in total. The number of carbonyl (C=O) groups excluding carboxylic acids is 1. The van der Waals surface area contributed by atoms with Crippen molar-refractivity contribution in [2.75, 3.05) is 29.4 Å². The molecule has 0 aliphatic carbocycles. The van der Waals surface area contributed by atoms with Gasteiger partial charge in [-0.05, 0) is 24.3 Å². The second-order valence-corrected chi connectivity index (χ2v) is 4.94. The Balaban J connectivity index is 1.81. The molecule has 3 rings (SSSR count). The first-order valence-electron chi connectivity index (χ1n) is 6.78. The molecule has 2 aromatic rings. The van der Waals surface area contributed by atoms with Gasteiger partial charge in [0.25, 0.3) is 0 Å². The van der Waals surface area contributed by atoms with E-state index in [9.17, 15) is 15.0 Å². The first-order chi connectivity index (χ1) is 10.2. The average Bonchev–Trinajstić information content (AvgIpc) is 2.49. The van der Waals surface area contributed by atoms with Crippen LogP contribution in [0.2, 0.25) is 0 Å². The van der Waals surface area contributed by atoms with Crippen molar-refractivity contribution in [3.63, 3.8) is 0 Å². The number of hydrogen-bond donors (Lipinski definition) is 2. The second kappa shape index (κ2) is 5.36. The molecule has 0 atom stereocenters. The molecule has 1 aliphatic heterocycles. The number of amides is 1. The molecule has 2 aromatic carbocycles. The summed E-state index contributed by atoms with van der Waals surface area (Å²) in [5.41, 5.74) is 1.18. The lowest BCUT2D eigenvalue weighted by Gasteiger charge is -2.36. The molecule has 1 fully saturated rings. The lowest BCUT2D eigenvalue weighted by Crippen LogP contribution is -2.50. The summed E-state index contributed by atoms with van der Waals surface area (Å²) < 4.78 is 0. The summed E-state index contributed by atoms with van der Waals surface area (Å²) in [4.78, 5) is 15.8. The molecule has 0 unspecified atom stereocenters. The van der Waals surface area contributed by atoms with Gasteiger partial charge in [-0.3, -0.25) is 4.79 Å². The molecular formula is C16H16N2O3. The Labute approximate surface area is 122 Å². The summed E-state index contributed by atoms with van der Waals surface area (Å²) in [7, 11) is 0. The van der Waals surface area contributed by atoms with Crippen LogP contribution in [0.25, 0.3) is 0 Å². The van der Waals surface area contributed by atoms with Crippen molar-refractivity contribution in [1.29, 1.82) is 0 Å². The van der Waals surface area contributed by atoms with Gasteiger partial charge in [-0.1, -0.05) is 24.3 Å². The highest BCUT2D eigenvalue weighted by molar-refractivity contribution is 5.99. The minimum atomic E-state index is -0.106. The van der Waals surface area contributed by atoms with Crippen molar-refractivity contribution in [3.8, 4) is 11.5 Å². The van der Waals surface area contributed by atoms with Crippen LogP contribution < -0.4 is 9.80 Å². The zero-order valence-corrected chi connectivity index (χ0v) is 11.4. The van der Waals surface area contributed by atoms with Crippen LogP contribution in [0.1, 0.15) is 0 Å². The fourth-order valence-corrected chi connectivity index (χ4v) is 2.56. The Morgan fingerprint density at radius 3 is 1.95 bits per heavy atom. The van der Waals surface area contributed by atoms with Gasteiger partial charge in [-0.2, -0.15) is 0 Å². The highest BCUT2D eigenvalue weighted by atomic mass is 16.3. The van der Waals surface area contributed by atoms with Crippen LogP contribution in [0.5, 0.6) is 11.5 Å². The van der Waals surface area contributed by atoms with Gasteiger partial charge in [0, 0.05) is 13.1 Å². The van der Waals surface area contributed by atoms with E-state index in [4.69, 9.17) is 0 Å². The number of hydrogen-bond acceptors (Lipinski definition) is 4. The lowest BCUT2D eigenvalue weighted by molar-refractivity contribution is -0.117. The summed E-state index contributed by atoms with van der Waals surface area (Å²) >= 11 is 0. The number of aromatic hydroxyl groups is 2. The van der Waals surface area contributed by atoms with Gasteiger partial charge >= 0.3 is 0 Å². The predicted octanol–water partition coefficient (Wildman–Crippen LogP) is 1.95. The van der Waals surface area contributed by atoms with E-state index in [0.717, 1.165) is 0 Å². The van der Waals surface area contributed by atoms with Crippen LogP contribution in [-0.2, 0) is 4.79 Å². The summed E-state index contributed by atoms with van der Waals surface area (Å²) in [5.74, 6) is 0.161. The fourth-order valence-electron chi connectivity index (χ4n) is 2.56. The number of benzene rings is 2. The van der Waals surface area contributed by atoms with E-state index in [1.807, 2.05) is 11.0 Å². The van der Waals surface area contributed by atoms with Crippen LogP contribution >= 0.6 is 0 Å². The highest BCUT2D eigenvalue weighted by Gasteiger charge is 2.27. The smallest absolute Gasteiger partial charge is 0.246 e. The van der Waals surface area contributed by atoms with E-state index in [2.05, 4.69) is 0 Å². The molecule has 108 valence electrons. The molecule has 21 heavy (non-hydrogen) atoms. The van der Waals surface area contributed by atoms with Gasteiger partial charge in [0.05, 0.1) is 17.9 Å². The van der Waals surface area contributed by atoms with Crippen molar-refractivity contribution in [2.24, 2.45) is 0 Å². The Morgan fingerprint density at radius 2 is 1.38 bits per heavy atom. The van der Waals surface area contributed by atoms with Crippen molar-refractivity contribution in [1.82, 2.24) is 0 Å². The number of para-hydroxylation sites is 4. The number of rotatable bonds is 2. The minimum absolute atomic E-state index is 0.0989. The number of phenolic OH excluding ortho intramolecular Hbond substituents is 2. The minimum Gasteiger partial charge on any atom is -0.506 e. The van der Waals surface area contributed by atoms with Crippen LogP contribution in [0, 0.1) is 0 Å². The second-order valence-electron chi connectivity index (χ2n) is 4.94. The van der Waals surface area contributed by atoms with Crippen molar-refractivity contribution < 1.29 is 15.0 Å². The van der Waals surface area contributed by atoms with Crippen molar-refractivity contribution >= 4 is 17.3 Å². The standard InChI is InChI=1S/C16H16N2O3/c19-14-7-3-1-5-12(14)17-9-10-18(16(21)11-17)13-6-2-4-8-15(13)20/h1-8,19-20H,9-11H2. The molecule has 0 radical (unpaired) electrons. The zero-order chi connectivity index (χ0) is 14.8. The van der Waals surface area contributed by atoms with Gasteiger partial charge in [0.15, 0.2) is 0 Å². The van der Waals surface area contributed by atoms with E-state index in [1.54, 1.807) is 47.4 Å². The van der Waals surface area contributed by atoms with Gasteiger partial charge in [0.2, 0.25) is 5.91 Å². The van der Waals surface area contributed by atoms with Crippen LogP contribution in [0.4, 0.5) is 11.4 Å².